The zero-order valence-electron chi connectivity index (χ0n) is 19.5. The number of fused-ring (bicyclic) bond motifs is 1. The summed E-state index contributed by atoms with van der Waals surface area (Å²) in [5, 5.41) is 0. The molecule has 1 heterocycles. The molecule has 2 aromatic rings. The Morgan fingerprint density at radius 2 is 1.70 bits per heavy atom. The molecular weight excluding hydrogens is 426 g/mol. The Morgan fingerprint density at radius 3 is 2.30 bits per heavy atom. The summed E-state index contributed by atoms with van der Waals surface area (Å²) in [5.74, 6) is -0.279. The van der Waals surface area contributed by atoms with Crippen molar-refractivity contribution in [2.45, 2.75) is 45.4 Å². The van der Waals surface area contributed by atoms with Crippen molar-refractivity contribution in [2.75, 3.05) is 20.8 Å². The van der Waals surface area contributed by atoms with E-state index in [1.165, 1.54) is 19.1 Å². The van der Waals surface area contributed by atoms with Crippen molar-refractivity contribution in [3.63, 3.8) is 0 Å². The van der Waals surface area contributed by atoms with E-state index < -0.39 is 29.7 Å². The molecule has 8 heteroatoms. The molecule has 0 aromatic heterocycles. The maximum atomic E-state index is 12.7. The van der Waals surface area contributed by atoms with Crippen molar-refractivity contribution >= 4 is 18.0 Å². The third kappa shape index (κ3) is 5.83. The monoisotopic (exact) mass is 455 g/mol. The van der Waals surface area contributed by atoms with Gasteiger partial charge in [-0.15, -0.1) is 0 Å². The number of nitrogens with zero attached hydrogens (tertiary/aromatic N) is 1. The highest BCUT2D eigenvalue weighted by atomic mass is 16.6. The van der Waals surface area contributed by atoms with Crippen LogP contribution in [0.1, 0.15) is 53.9 Å². The SMILES string of the molecule is COC(=O)c1ccc(COc2ccc3c(c2)CCN(C(=O)OC(C)(C)C)[C@H]3C(=O)OC)cc1. The number of rotatable bonds is 5. The van der Waals surface area contributed by atoms with Crippen molar-refractivity contribution in [3.05, 3.63) is 64.7 Å². The Hall–Kier alpha value is -3.55. The topological polar surface area (TPSA) is 91.4 Å². The summed E-state index contributed by atoms with van der Waals surface area (Å²) in [7, 11) is 2.64. The molecular formula is C25H29NO7. The maximum Gasteiger partial charge on any atom is 0.411 e. The largest absolute Gasteiger partial charge is 0.489 e. The predicted molar refractivity (Wildman–Crippen MR) is 120 cm³/mol. The zero-order valence-corrected chi connectivity index (χ0v) is 19.5. The minimum absolute atomic E-state index is 0.310. The van der Waals surface area contributed by atoms with Gasteiger partial charge in [-0.3, -0.25) is 4.90 Å². The molecule has 0 N–H and O–H groups in total. The van der Waals surface area contributed by atoms with Crippen molar-refractivity contribution in [2.24, 2.45) is 0 Å². The van der Waals surface area contributed by atoms with Gasteiger partial charge in [-0.2, -0.15) is 0 Å². The van der Waals surface area contributed by atoms with Gasteiger partial charge in [-0.05, 0) is 68.1 Å². The summed E-state index contributed by atoms with van der Waals surface area (Å²) in [6.45, 7) is 5.97. The molecule has 0 radical (unpaired) electrons. The number of hydrogen-bond acceptors (Lipinski definition) is 7. The minimum atomic E-state index is -0.881. The van der Waals surface area contributed by atoms with E-state index in [2.05, 4.69) is 0 Å². The van der Waals surface area contributed by atoms with Crippen LogP contribution in [0.15, 0.2) is 42.5 Å². The van der Waals surface area contributed by atoms with E-state index >= 15 is 0 Å². The molecule has 0 bridgehead atoms. The van der Waals surface area contributed by atoms with Crippen LogP contribution in [0.2, 0.25) is 0 Å². The van der Waals surface area contributed by atoms with E-state index in [-0.39, 0.29) is 0 Å². The Morgan fingerprint density at radius 1 is 1.00 bits per heavy atom. The number of ether oxygens (including phenoxy) is 4. The summed E-state index contributed by atoms with van der Waals surface area (Å²) in [4.78, 5) is 38.2. The van der Waals surface area contributed by atoms with Crippen LogP contribution in [0.5, 0.6) is 5.75 Å². The van der Waals surface area contributed by atoms with Gasteiger partial charge < -0.3 is 18.9 Å². The number of carbonyl (C=O) groups is 3. The van der Waals surface area contributed by atoms with E-state index in [0.29, 0.717) is 36.4 Å². The van der Waals surface area contributed by atoms with Crippen molar-refractivity contribution in [3.8, 4) is 5.75 Å². The number of benzene rings is 2. The van der Waals surface area contributed by atoms with Gasteiger partial charge in [0.05, 0.1) is 19.8 Å². The fourth-order valence-corrected chi connectivity index (χ4v) is 3.60. The fraction of sp³-hybridized carbons (Fsp3) is 0.400. The first-order valence-corrected chi connectivity index (χ1v) is 10.6. The zero-order chi connectivity index (χ0) is 24.2. The van der Waals surface area contributed by atoms with Gasteiger partial charge in [0.1, 0.15) is 18.0 Å². The molecule has 3 rings (SSSR count). The molecule has 0 aliphatic carbocycles. The highest BCUT2D eigenvalue weighted by molar-refractivity contribution is 5.89. The number of esters is 2. The Bertz CT molecular complexity index is 1020. The summed E-state index contributed by atoms with van der Waals surface area (Å²) in [5.41, 5.74) is 2.28. The second kappa shape index (κ2) is 9.94. The molecule has 1 atom stereocenters. The van der Waals surface area contributed by atoms with Gasteiger partial charge in [0.15, 0.2) is 6.04 Å². The number of amides is 1. The fourth-order valence-electron chi connectivity index (χ4n) is 3.60. The molecule has 0 fully saturated rings. The molecule has 0 unspecified atom stereocenters. The van der Waals surface area contributed by atoms with Gasteiger partial charge >= 0.3 is 18.0 Å². The van der Waals surface area contributed by atoms with Gasteiger partial charge in [-0.1, -0.05) is 18.2 Å². The Labute approximate surface area is 193 Å². The Kier molecular flexibility index (Phi) is 7.26. The lowest BCUT2D eigenvalue weighted by molar-refractivity contribution is -0.147. The van der Waals surface area contributed by atoms with Crippen LogP contribution in [0.25, 0.3) is 0 Å². The summed E-state index contributed by atoms with van der Waals surface area (Å²) in [6, 6.07) is 11.5. The number of hydrogen-bond donors (Lipinski definition) is 0. The highest BCUT2D eigenvalue weighted by Gasteiger charge is 2.39. The van der Waals surface area contributed by atoms with E-state index in [1.54, 1.807) is 57.2 Å². The number of methoxy groups -OCH3 is 2. The molecule has 1 aliphatic heterocycles. The minimum Gasteiger partial charge on any atom is -0.489 e. The van der Waals surface area contributed by atoms with Crippen LogP contribution >= 0.6 is 0 Å². The summed E-state index contributed by atoms with van der Waals surface area (Å²) < 4.78 is 21.1. The van der Waals surface area contributed by atoms with Crippen LogP contribution in [0.4, 0.5) is 4.79 Å². The Balaban J connectivity index is 1.76. The van der Waals surface area contributed by atoms with E-state index in [1.807, 2.05) is 6.07 Å². The molecule has 0 saturated heterocycles. The standard InChI is InChI=1S/C25H29NO7/c1-25(2,3)33-24(29)26-13-12-18-14-19(10-11-20(18)21(26)23(28)31-5)32-15-16-6-8-17(9-7-16)22(27)30-4/h6-11,14,21H,12-13,15H2,1-5H3/t21-/m1/s1. The van der Waals surface area contributed by atoms with Gasteiger partial charge in [-0.25, -0.2) is 14.4 Å². The maximum absolute atomic E-state index is 12.7. The average molecular weight is 456 g/mol. The van der Waals surface area contributed by atoms with E-state index in [0.717, 1.165) is 11.1 Å². The van der Waals surface area contributed by atoms with Crippen LogP contribution in [-0.4, -0.2) is 49.3 Å². The normalized spacial score (nSPS) is 15.3. The van der Waals surface area contributed by atoms with Crippen LogP contribution in [-0.2, 0) is 32.0 Å². The van der Waals surface area contributed by atoms with E-state index in [4.69, 9.17) is 18.9 Å². The first-order valence-electron chi connectivity index (χ1n) is 10.6. The molecule has 8 nitrogen and oxygen atoms in total. The summed E-state index contributed by atoms with van der Waals surface area (Å²) >= 11 is 0. The lowest BCUT2D eigenvalue weighted by Crippen LogP contribution is -2.46. The van der Waals surface area contributed by atoms with Crippen molar-refractivity contribution in [1.82, 2.24) is 4.90 Å². The summed E-state index contributed by atoms with van der Waals surface area (Å²) in [6.07, 6.45) is -0.00752. The second-order valence-electron chi connectivity index (χ2n) is 8.69. The molecule has 0 spiro atoms. The molecule has 33 heavy (non-hydrogen) atoms. The lowest BCUT2D eigenvalue weighted by atomic mass is 9.92. The van der Waals surface area contributed by atoms with Crippen LogP contribution in [0, 0.1) is 0 Å². The number of carbonyl (C=O) groups excluding carboxylic acids is 3. The molecule has 176 valence electrons. The first-order chi connectivity index (χ1) is 15.6. The predicted octanol–water partition coefficient (Wildman–Crippen LogP) is 4.06. The first kappa shape index (κ1) is 24.1. The van der Waals surface area contributed by atoms with Gasteiger partial charge in [0, 0.05) is 6.54 Å². The quantitative estimate of drug-likeness (QED) is 0.496. The average Bonchev–Trinajstić information content (AvgIpc) is 2.80. The smallest absolute Gasteiger partial charge is 0.411 e. The molecule has 1 aliphatic rings. The van der Waals surface area contributed by atoms with Gasteiger partial charge in [0.25, 0.3) is 0 Å². The van der Waals surface area contributed by atoms with Crippen molar-refractivity contribution in [1.29, 1.82) is 0 Å². The molecule has 2 aromatic carbocycles. The second-order valence-corrected chi connectivity index (χ2v) is 8.69. The van der Waals surface area contributed by atoms with Gasteiger partial charge in [0.2, 0.25) is 0 Å². The molecule has 0 saturated carbocycles. The van der Waals surface area contributed by atoms with Crippen LogP contribution in [0.3, 0.4) is 0 Å². The van der Waals surface area contributed by atoms with Crippen LogP contribution < -0.4 is 4.74 Å². The van der Waals surface area contributed by atoms with E-state index in [9.17, 15) is 14.4 Å². The van der Waals surface area contributed by atoms with Crippen molar-refractivity contribution < 1.29 is 33.3 Å². The third-order valence-corrected chi connectivity index (χ3v) is 5.18. The lowest BCUT2D eigenvalue weighted by Gasteiger charge is -2.36. The molecule has 1 amide bonds. The highest BCUT2D eigenvalue weighted by Crippen LogP contribution is 2.34. The third-order valence-electron chi connectivity index (χ3n) is 5.18.